The zero-order chi connectivity index (χ0) is 36.3. The zero-order valence-corrected chi connectivity index (χ0v) is 38.0. The number of halogens is 2. The maximum Gasteiger partial charge on any atom is -1.00 e. The van der Waals surface area contributed by atoms with E-state index in [4.69, 9.17) is 0 Å². The second-order valence-electron chi connectivity index (χ2n) is 18.1. The molecule has 52 heavy (non-hydrogen) atoms. The monoisotopic (exact) mass is 808 g/mol. The van der Waals surface area contributed by atoms with Crippen molar-refractivity contribution in [3.63, 3.8) is 0 Å². The van der Waals surface area contributed by atoms with Crippen LogP contribution in [0.1, 0.15) is 134 Å². The minimum Gasteiger partial charge on any atom is -1.00 e. The Bertz CT molecular complexity index is 1990. The van der Waals surface area contributed by atoms with Crippen molar-refractivity contribution in [3.05, 3.63) is 144 Å². The summed E-state index contributed by atoms with van der Waals surface area (Å²) in [6.07, 6.45) is 5.97. The van der Waals surface area contributed by atoms with Crippen LogP contribution in [-0.4, -0.2) is 3.21 Å². The van der Waals surface area contributed by atoms with Crippen LogP contribution in [-0.2, 0) is 38.5 Å². The quantitative estimate of drug-likeness (QED) is 0.180. The number of hydrogen-bond donors (Lipinski definition) is 0. The van der Waals surface area contributed by atoms with E-state index in [-0.39, 0.29) is 41.1 Å². The van der Waals surface area contributed by atoms with Gasteiger partial charge in [0.1, 0.15) is 0 Å². The number of benzene rings is 4. The van der Waals surface area contributed by atoms with Gasteiger partial charge in [-0.15, -0.1) is 0 Å². The van der Waals surface area contributed by atoms with Crippen LogP contribution in [0.15, 0.2) is 99.4 Å². The summed E-state index contributed by atoms with van der Waals surface area (Å²) in [6, 6.07) is 31.5. The smallest absolute Gasteiger partial charge is 1.00 e. The third-order valence-electron chi connectivity index (χ3n) is 11.2. The van der Waals surface area contributed by atoms with Gasteiger partial charge in [0.2, 0.25) is 0 Å². The number of rotatable bonds is 6. The van der Waals surface area contributed by atoms with Gasteiger partial charge in [-0.05, 0) is 0 Å². The molecule has 4 aromatic carbocycles. The van der Waals surface area contributed by atoms with Crippen molar-refractivity contribution in [2.45, 2.75) is 120 Å². The summed E-state index contributed by atoms with van der Waals surface area (Å²) in [5.41, 5.74) is 18.0. The average Bonchev–Trinajstić information content (AvgIpc) is 3.62. The van der Waals surface area contributed by atoms with Gasteiger partial charge in [0, 0.05) is 0 Å². The Morgan fingerprint density at radius 3 is 1.65 bits per heavy atom. The molecule has 274 valence electrons. The summed E-state index contributed by atoms with van der Waals surface area (Å²) in [5, 5.41) is 0. The molecule has 0 spiro atoms. The number of fused-ring (bicyclic) bond motifs is 3. The molecule has 1 atom stereocenters. The van der Waals surface area contributed by atoms with Crippen LogP contribution in [0.3, 0.4) is 0 Å². The predicted molar refractivity (Wildman–Crippen MR) is 216 cm³/mol. The van der Waals surface area contributed by atoms with Gasteiger partial charge in [-0.3, -0.25) is 0 Å². The number of hydrogen-bond acceptors (Lipinski definition) is 0. The molecular weight excluding hydrogens is 751 g/mol. The topological polar surface area (TPSA) is 0 Å². The second-order valence-corrected chi connectivity index (χ2v) is 23.8. The minimum absolute atomic E-state index is 0. The molecule has 0 aliphatic heterocycles. The van der Waals surface area contributed by atoms with E-state index < -0.39 is 21.3 Å². The van der Waals surface area contributed by atoms with Gasteiger partial charge in [-0.1, -0.05) is 0 Å². The van der Waals surface area contributed by atoms with Gasteiger partial charge < -0.3 is 24.8 Å². The maximum atomic E-state index is 2.71. The fraction of sp³-hybridized carbons (Fsp3) is 0.408. The normalized spacial score (nSPS) is 15.2. The SMILES string of the molecule is CCC1=[C]([Zr+2](=[C](c2ccc(C)cc2)c2ccc(C)cc2)[c]2c(C(C)(C)C)ccc3c2Cc2cc(C(C)(C)C)ccc2-3)C(CC)C=C1C(C)(C)C.[Cl-].[Cl-]. The summed E-state index contributed by atoms with van der Waals surface area (Å²) in [7, 11) is 0. The summed E-state index contributed by atoms with van der Waals surface area (Å²) < 4.78 is 5.20. The zero-order valence-electron chi connectivity index (χ0n) is 34.0. The largest absolute Gasteiger partial charge is 1.00 e. The summed E-state index contributed by atoms with van der Waals surface area (Å²) >= 11 is -3.05. The summed E-state index contributed by atoms with van der Waals surface area (Å²) in [6.45, 7) is 31.0. The van der Waals surface area contributed by atoms with Crippen molar-refractivity contribution in [3.8, 4) is 11.1 Å². The molecule has 6 rings (SSSR count). The molecule has 0 radical (unpaired) electrons. The Labute approximate surface area is 336 Å². The van der Waals surface area contributed by atoms with Gasteiger partial charge in [-0.25, -0.2) is 0 Å². The molecule has 0 heterocycles. The van der Waals surface area contributed by atoms with Crippen molar-refractivity contribution in [2.24, 2.45) is 11.3 Å². The van der Waals surface area contributed by atoms with Crippen LogP contribution in [0.25, 0.3) is 11.1 Å². The second kappa shape index (κ2) is 15.8. The first kappa shape index (κ1) is 42.4. The Morgan fingerprint density at radius 1 is 0.654 bits per heavy atom. The van der Waals surface area contributed by atoms with Crippen LogP contribution in [0.4, 0.5) is 0 Å². The van der Waals surface area contributed by atoms with Crippen molar-refractivity contribution < 1.29 is 46.1 Å². The fourth-order valence-corrected chi connectivity index (χ4v) is 18.8. The van der Waals surface area contributed by atoms with E-state index in [1.54, 1.807) is 28.8 Å². The average molecular weight is 811 g/mol. The molecule has 0 nitrogen and oxygen atoms in total. The Balaban J connectivity index is 0.00000302. The van der Waals surface area contributed by atoms with Crippen LogP contribution < -0.4 is 28.1 Å². The molecule has 2 aliphatic rings. The Hall–Kier alpha value is -2.31. The molecule has 0 N–H and O–H groups in total. The Morgan fingerprint density at radius 2 is 1.19 bits per heavy atom. The van der Waals surface area contributed by atoms with E-state index in [2.05, 4.69) is 175 Å². The van der Waals surface area contributed by atoms with Crippen molar-refractivity contribution >= 4 is 6.48 Å². The third-order valence-corrected chi connectivity index (χ3v) is 19.4. The molecule has 0 saturated heterocycles. The van der Waals surface area contributed by atoms with Gasteiger partial charge in [-0.2, -0.15) is 0 Å². The molecule has 0 bridgehead atoms. The molecule has 0 saturated carbocycles. The Kier molecular flexibility index (Phi) is 12.9. The van der Waals surface area contributed by atoms with E-state index in [1.807, 2.05) is 3.28 Å². The first-order valence-electron chi connectivity index (χ1n) is 19.1. The molecule has 1 unspecified atom stereocenters. The standard InChI is InChI=1S/C21H25.C15H14.C13H21.2ClH.Zr/c1-20(2,3)16-7-9-18-14(12-16)11-15-13-17(21(4,5)6)8-10-19(15)18;1-12-3-7-14(8-4-12)11-15-9-5-13(2)6-10-15;1-6-10-8-11(7-2)12(9-10)13(3,4)5;;;/h7-10,12H,11H2,1-6H3;3-10H,1-2H3;9-10H,6-7H2,1-5H3;2*1H;/q;;;;;+2/p-2. The van der Waals surface area contributed by atoms with Gasteiger partial charge >= 0.3 is 314 Å². The number of aryl methyl sites for hydroxylation is 2. The van der Waals surface area contributed by atoms with Crippen molar-refractivity contribution in [2.75, 3.05) is 0 Å². The van der Waals surface area contributed by atoms with Crippen LogP contribution in [0.2, 0.25) is 0 Å². The third kappa shape index (κ3) is 8.04. The van der Waals surface area contributed by atoms with Gasteiger partial charge in [0.15, 0.2) is 0 Å². The minimum atomic E-state index is -3.05. The maximum absolute atomic E-state index is 3.05. The summed E-state index contributed by atoms with van der Waals surface area (Å²) in [5.74, 6) is 0.472. The molecule has 0 amide bonds. The van der Waals surface area contributed by atoms with Gasteiger partial charge in [0.25, 0.3) is 0 Å². The van der Waals surface area contributed by atoms with Gasteiger partial charge in [0.05, 0.1) is 0 Å². The van der Waals surface area contributed by atoms with Crippen LogP contribution in [0.5, 0.6) is 0 Å². The molecule has 2 aliphatic carbocycles. The molecular formula is C49H60Cl2Zr. The molecule has 3 heteroatoms. The van der Waals surface area contributed by atoms with Crippen LogP contribution >= 0.6 is 0 Å². The van der Waals surface area contributed by atoms with E-state index in [0.29, 0.717) is 5.92 Å². The van der Waals surface area contributed by atoms with Crippen LogP contribution in [0, 0.1) is 25.2 Å². The van der Waals surface area contributed by atoms with Crippen molar-refractivity contribution in [1.29, 1.82) is 0 Å². The first-order chi connectivity index (χ1) is 23.4. The first-order valence-corrected chi connectivity index (χ1v) is 22.8. The molecule has 4 aromatic rings. The summed E-state index contributed by atoms with van der Waals surface area (Å²) in [4.78, 5) is 0. The molecule has 0 fully saturated rings. The fourth-order valence-electron chi connectivity index (χ4n) is 8.44. The molecule has 0 aromatic heterocycles. The predicted octanol–water partition coefficient (Wildman–Crippen LogP) is 6.67. The van der Waals surface area contributed by atoms with E-state index in [9.17, 15) is 0 Å². The van der Waals surface area contributed by atoms with Crippen molar-refractivity contribution in [1.82, 2.24) is 0 Å². The van der Waals surface area contributed by atoms with E-state index in [1.165, 1.54) is 44.5 Å². The number of allylic oxidation sites excluding steroid dienone is 4. The van der Waals surface area contributed by atoms with E-state index in [0.717, 1.165) is 19.3 Å². The van der Waals surface area contributed by atoms with E-state index >= 15 is 0 Å².